The van der Waals surface area contributed by atoms with E-state index in [1.165, 1.54) is 24.6 Å². The largest absolute Gasteiger partial charge is 0.464 e. The molecule has 0 spiro atoms. The number of nitrogens with one attached hydrogen (secondary N) is 1. The van der Waals surface area contributed by atoms with E-state index in [2.05, 4.69) is 20.1 Å². The summed E-state index contributed by atoms with van der Waals surface area (Å²) in [6, 6.07) is 0. The fourth-order valence-electron chi connectivity index (χ4n) is 1.39. The predicted molar refractivity (Wildman–Crippen MR) is 67.8 cm³/mol. The molecule has 0 fully saturated rings. The van der Waals surface area contributed by atoms with Gasteiger partial charge < -0.3 is 10.1 Å². The van der Waals surface area contributed by atoms with E-state index >= 15 is 0 Å². The fraction of sp³-hybridized carbons (Fsp3) is 0.273. The van der Waals surface area contributed by atoms with Crippen LogP contribution in [-0.4, -0.2) is 33.8 Å². The van der Waals surface area contributed by atoms with Gasteiger partial charge in [0.1, 0.15) is 5.01 Å². The molecule has 2 aromatic rings. The molecule has 100 valence electrons. The maximum absolute atomic E-state index is 11.7. The summed E-state index contributed by atoms with van der Waals surface area (Å²) in [5.74, 6) is -0.719. The number of amides is 1. The Balaban J connectivity index is 1.93. The molecule has 0 aliphatic heterocycles. The van der Waals surface area contributed by atoms with Crippen LogP contribution in [0.4, 0.5) is 0 Å². The standard InChI is InChI=1S/C11H12N4O3S/c1-15-5-7(3-13-15)10(16)12-4-9-14-8(6-19-9)11(17)18-2/h3,5-6H,4H2,1-2H3,(H,12,16). The number of nitrogens with zero attached hydrogens (tertiary/aromatic N) is 3. The third kappa shape index (κ3) is 3.16. The van der Waals surface area contributed by atoms with Crippen LogP contribution in [0.25, 0.3) is 0 Å². The summed E-state index contributed by atoms with van der Waals surface area (Å²) in [5, 5.41) is 8.85. The Bertz CT molecular complexity index is 605. The molecule has 0 aromatic carbocycles. The molecule has 1 amide bonds. The molecule has 0 aliphatic rings. The monoisotopic (exact) mass is 280 g/mol. The van der Waals surface area contributed by atoms with Crippen LogP contribution in [0.3, 0.4) is 0 Å². The summed E-state index contributed by atoms with van der Waals surface area (Å²) in [6.45, 7) is 0.259. The van der Waals surface area contributed by atoms with E-state index in [-0.39, 0.29) is 18.1 Å². The Morgan fingerprint density at radius 1 is 1.53 bits per heavy atom. The third-order valence-corrected chi connectivity index (χ3v) is 3.16. The number of hydrogen-bond acceptors (Lipinski definition) is 6. The van der Waals surface area contributed by atoms with E-state index in [4.69, 9.17) is 0 Å². The molecule has 8 heteroatoms. The van der Waals surface area contributed by atoms with E-state index in [9.17, 15) is 9.59 Å². The first-order valence-corrected chi connectivity index (χ1v) is 6.27. The van der Waals surface area contributed by atoms with Gasteiger partial charge in [0.05, 0.1) is 25.4 Å². The van der Waals surface area contributed by atoms with Gasteiger partial charge in [0, 0.05) is 18.6 Å². The van der Waals surface area contributed by atoms with Crippen LogP contribution in [0.5, 0.6) is 0 Å². The molecule has 0 bridgehead atoms. The lowest BCUT2D eigenvalue weighted by Gasteiger charge is -1.99. The van der Waals surface area contributed by atoms with Crippen molar-refractivity contribution in [3.63, 3.8) is 0 Å². The molecule has 0 saturated heterocycles. The number of rotatable bonds is 4. The molecule has 0 saturated carbocycles. The zero-order valence-electron chi connectivity index (χ0n) is 10.4. The van der Waals surface area contributed by atoms with Gasteiger partial charge in [0.2, 0.25) is 0 Å². The number of thiazole rings is 1. The Labute approximate surface area is 113 Å². The van der Waals surface area contributed by atoms with E-state index in [0.29, 0.717) is 10.6 Å². The first kappa shape index (κ1) is 13.2. The smallest absolute Gasteiger partial charge is 0.357 e. The number of methoxy groups -OCH3 is 1. The van der Waals surface area contributed by atoms with Gasteiger partial charge in [-0.25, -0.2) is 9.78 Å². The topological polar surface area (TPSA) is 86.1 Å². The van der Waals surface area contributed by atoms with Gasteiger partial charge in [-0.2, -0.15) is 5.10 Å². The van der Waals surface area contributed by atoms with Crippen molar-refractivity contribution in [2.45, 2.75) is 6.54 Å². The molecule has 2 rings (SSSR count). The highest BCUT2D eigenvalue weighted by Crippen LogP contribution is 2.10. The summed E-state index contributed by atoms with van der Waals surface area (Å²) >= 11 is 1.29. The molecule has 19 heavy (non-hydrogen) atoms. The second kappa shape index (κ2) is 5.61. The lowest BCUT2D eigenvalue weighted by Crippen LogP contribution is -2.22. The SMILES string of the molecule is COC(=O)c1csc(CNC(=O)c2cnn(C)c2)n1. The molecule has 0 atom stereocenters. The summed E-state index contributed by atoms with van der Waals surface area (Å²) in [6.07, 6.45) is 3.11. The van der Waals surface area contributed by atoms with Gasteiger partial charge in [-0.3, -0.25) is 9.48 Å². The molecule has 2 heterocycles. The number of esters is 1. The van der Waals surface area contributed by atoms with Crippen molar-refractivity contribution < 1.29 is 14.3 Å². The molecule has 2 aromatic heterocycles. The maximum Gasteiger partial charge on any atom is 0.357 e. The van der Waals surface area contributed by atoms with E-state index in [0.717, 1.165) is 0 Å². The Kier molecular flexibility index (Phi) is 3.91. The van der Waals surface area contributed by atoms with Crippen molar-refractivity contribution in [1.29, 1.82) is 0 Å². The van der Waals surface area contributed by atoms with Crippen LogP contribution in [0.1, 0.15) is 25.9 Å². The molecular weight excluding hydrogens is 268 g/mol. The minimum Gasteiger partial charge on any atom is -0.464 e. The van der Waals surface area contributed by atoms with Gasteiger partial charge in [0.15, 0.2) is 5.69 Å². The van der Waals surface area contributed by atoms with Crippen LogP contribution < -0.4 is 5.32 Å². The minimum atomic E-state index is -0.485. The second-order valence-electron chi connectivity index (χ2n) is 3.70. The van der Waals surface area contributed by atoms with Crippen molar-refractivity contribution in [3.8, 4) is 0 Å². The summed E-state index contributed by atoms with van der Waals surface area (Å²) < 4.78 is 6.10. The van der Waals surface area contributed by atoms with Gasteiger partial charge in [0.25, 0.3) is 5.91 Å². The van der Waals surface area contributed by atoms with E-state index in [1.54, 1.807) is 23.3 Å². The van der Waals surface area contributed by atoms with Gasteiger partial charge in [-0.05, 0) is 0 Å². The molecular formula is C11H12N4O3S. The van der Waals surface area contributed by atoms with Crippen LogP contribution in [0.15, 0.2) is 17.8 Å². The minimum absolute atomic E-state index is 0.233. The lowest BCUT2D eigenvalue weighted by molar-refractivity contribution is 0.0594. The maximum atomic E-state index is 11.7. The number of carbonyl (C=O) groups excluding carboxylic acids is 2. The predicted octanol–water partition coefficient (Wildman–Crippen LogP) is 0.593. The molecule has 0 aliphatic carbocycles. The quantitative estimate of drug-likeness (QED) is 0.828. The van der Waals surface area contributed by atoms with Crippen LogP contribution in [-0.2, 0) is 18.3 Å². The van der Waals surface area contributed by atoms with Crippen molar-refractivity contribution in [3.05, 3.63) is 34.0 Å². The lowest BCUT2D eigenvalue weighted by atomic mass is 10.3. The number of aromatic nitrogens is 3. The van der Waals surface area contributed by atoms with Crippen molar-refractivity contribution in [2.24, 2.45) is 7.05 Å². The molecule has 0 radical (unpaired) electrons. The Hall–Kier alpha value is -2.22. The highest BCUT2D eigenvalue weighted by atomic mass is 32.1. The van der Waals surface area contributed by atoms with Crippen molar-refractivity contribution >= 4 is 23.2 Å². The van der Waals surface area contributed by atoms with Crippen LogP contribution in [0, 0.1) is 0 Å². The first-order chi connectivity index (χ1) is 9.10. The number of hydrogen-bond donors (Lipinski definition) is 1. The third-order valence-electron chi connectivity index (χ3n) is 2.31. The molecule has 1 N–H and O–H groups in total. The molecule has 7 nitrogen and oxygen atoms in total. The van der Waals surface area contributed by atoms with E-state index < -0.39 is 5.97 Å². The number of aryl methyl sites for hydroxylation is 1. The van der Waals surface area contributed by atoms with E-state index in [1.807, 2.05) is 0 Å². The first-order valence-electron chi connectivity index (χ1n) is 5.39. The van der Waals surface area contributed by atoms with Gasteiger partial charge in [-0.15, -0.1) is 11.3 Å². The number of carbonyl (C=O) groups is 2. The van der Waals surface area contributed by atoms with Crippen LogP contribution >= 0.6 is 11.3 Å². The average Bonchev–Trinajstić information content (AvgIpc) is 3.04. The van der Waals surface area contributed by atoms with Gasteiger partial charge in [-0.1, -0.05) is 0 Å². The summed E-state index contributed by atoms with van der Waals surface area (Å²) in [4.78, 5) is 27.0. The summed E-state index contributed by atoms with van der Waals surface area (Å²) in [7, 11) is 3.03. The van der Waals surface area contributed by atoms with Gasteiger partial charge >= 0.3 is 5.97 Å². The highest BCUT2D eigenvalue weighted by molar-refractivity contribution is 7.09. The zero-order valence-corrected chi connectivity index (χ0v) is 11.2. The van der Waals surface area contributed by atoms with Crippen LogP contribution in [0.2, 0.25) is 0 Å². The highest BCUT2D eigenvalue weighted by Gasteiger charge is 2.12. The Morgan fingerprint density at radius 3 is 2.95 bits per heavy atom. The zero-order chi connectivity index (χ0) is 13.8. The normalized spacial score (nSPS) is 10.2. The average molecular weight is 280 g/mol. The van der Waals surface area contributed by atoms with Crippen molar-refractivity contribution in [1.82, 2.24) is 20.1 Å². The molecule has 0 unspecified atom stereocenters. The summed E-state index contributed by atoms with van der Waals surface area (Å²) in [5.41, 5.74) is 0.727. The fourth-order valence-corrected chi connectivity index (χ4v) is 2.09. The Morgan fingerprint density at radius 2 is 2.32 bits per heavy atom. The second-order valence-corrected chi connectivity index (χ2v) is 4.65. The number of ether oxygens (including phenoxy) is 1. The van der Waals surface area contributed by atoms with Crippen molar-refractivity contribution in [2.75, 3.05) is 7.11 Å².